The SMILES string of the molecule is CCOCCn1nc(C)cc1C(=O)N1CC[C@@]2(O)CCNC[C@H]2C1. The Hall–Kier alpha value is -1.44. The molecule has 0 spiro atoms. The van der Waals surface area contributed by atoms with E-state index in [2.05, 4.69) is 10.4 Å². The highest BCUT2D eigenvalue weighted by Crippen LogP contribution is 2.33. The number of carbonyl (C=O) groups excluding carboxylic acids is 1. The van der Waals surface area contributed by atoms with Crippen molar-refractivity contribution in [3.8, 4) is 0 Å². The molecule has 7 heteroatoms. The Balaban J connectivity index is 1.70. The summed E-state index contributed by atoms with van der Waals surface area (Å²) >= 11 is 0. The molecule has 0 unspecified atom stereocenters. The maximum absolute atomic E-state index is 13.0. The number of nitrogens with zero attached hydrogens (tertiary/aromatic N) is 3. The molecule has 3 rings (SSSR count). The van der Waals surface area contributed by atoms with Crippen molar-refractivity contribution < 1.29 is 14.6 Å². The van der Waals surface area contributed by atoms with Crippen molar-refractivity contribution in [3.63, 3.8) is 0 Å². The molecule has 3 heterocycles. The maximum Gasteiger partial charge on any atom is 0.272 e. The number of hydrogen-bond acceptors (Lipinski definition) is 5. The molecule has 0 aliphatic carbocycles. The molecule has 24 heavy (non-hydrogen) atoms. The second kappa shape index (κ2) is 7.21. The van der Waals surface area contributed by atoms with Gasteiger partial charge in [-0.05, 0) is 39.3 Å². The number of aromatic nitrogens is 2. The number of piperidine rings is 2. The van der Waals surface area contributed by atoms with Gasteiger partial charge in [0.1, 0.15) is 5.69 Å². The average molecular weight is 336 g/mol. The molecule has 0 saturated carbocycles. The molecule has 134 valence electrons. The lowest BCUT2D eigenvalue weighted by molar-refractivity contribution is -0.0818. The normalized spacial score (nSPS) is 27.1. The van der Waals surface area contributed by atoms with Gasteiger partial charge in [-0.25, -0.2) is 0 Å². The van der Waals surface area contributed by atoms with E-state index in [1.165, 1.54) is 0 Å². The standard InChI is InChI=1S/C17H28N4O3/c1-3-24-9-8-21-15(10-13(2)19-21)16(22)20-7-5-17(23)4-6-18-11-14(17)12-20/h10,14,18,23H,3-9,11-12H2,1-2H3/t14-,17-/m0/s1. The molecule has 1 amide bonds. The fraction of sp³-hybridized carbons (Fsp3) is 0.765. The van der Waals surface area contributed by atoms with E-state index in [0.29, 0.717) is 45.0 Å². The monoisotopic (exact) mass is 336 g/mol. The van der Waals surface area contributed by atoms with Gasteiger partial charge >= 0.3 is 0 Å². The molecule has 0 aromatic carbocycles. The van der Waals surface area contributed by atoms with E-state index in [1.54, 1.807) is 4.68 Å². The summed E-state index contributed by atoms with van der Waals surface area (Å²) in [6, 6.07) is 1.84. The summed E-state index contributed by atoms with van der Waals surface area (Å²) in [5, 5.41) is 18.5. The van der Waals surface area contributed by atoms with Gasteiger partial charge in [0.2, 0.25) is 0 Å². The zero-order chi connectivity index (χ0) is 17.2. The predicted molar refractivity (Wildman–Crippen MR) is 89.9 cm³/mol. The Kier molecular flexibility index (Phi) is 5.22. The van der Waals surface area contributed by atoms with Crippen LogP contribution in [0.2, 0.25) is 0 Å². The van der Waals surface area contributed by atoms with Gasteiger partial charge < -0.3 is 20.1 Å². The van der Waals surface area contributed by atoms with Gasteiger partial charge in [0.05, 0.1) is 24.4 Å². The van der Waals surface area contributed by atoms with Crippen LogP contribution in [-0.4, -0.2) is 70.7 Å². The Morgan fingerprint density at radius 2 is 2.38 bits per heavy atom. The van der Waals surface area contributed by atoms with Crippen LogP contribution in [0.4, 0.5) is 0 Å². The summed E-state index contributed by atoms with van der Waals surface area (Å²) in [4.78, 5) is 14.8. The van der Waals surface area contributed by atoms with Gasteiger partial charge in [-0.2, -0.15) is 5.10 Å². The molecule has 2 aliphatic rings. The highest BCUT2D eigenvalue weighted by molar-refractivity contribution is 5.92. The molecule has 2 fully saturated rings. The maximum atomic E-state index is 13.0. The summed E-state index contributed by atoms with van der Waals surface area (Å²) < 4.78 is 7.13. The molecule has 1 aromatic heterocycles. The molecular weight excluding hydrogens is 308 g/mol. The molecule has 0 radical (unpaired) electrons. The minimum absolute atomic E-state index is 0.000257. The van der Waals surface area contributed by atoms with Crippen LogP contribution in [0.25, 0.3) is 0 Å². The molecular formula is C17H28N4O3. The third-order valence-electron chi connectivity index (χ3n) is 5.20. The van der Waals surface area contributed by atoms with Crippen LogP contribution in [0.3, 0.4) is 0 Å². The van der Waals surface area contributed by atoms with Crippen molar-refractivity contribution in [2.75, 3.05) is 39.4 Å². The number of carbonyl (C=O) groups is 1. The minimum atomic E-state index is -0.618. The lowest BCUT2D eigenvalue weighted by Gasteiger charge is -2.47. The average Bonchev–Trinajstić information content (AvgIpc) is 2.94. The van der Waals surface area contributed by atoms with Crippen molar-refractivity contribution in [3.05, 3.63) is 17.5 Å². The first-order valence-corrected chi connectivity index (χ1v) is 8.88. The predicted octanol–water partition coefficient (Wildman–Crippen LogP) is 0.415. The smallest absolute Gasteiger partial charge is 0.272 e. The van der Waals surface area contributed by atoms with Gasteiger partial charge in [0.15, 0.2) is 0 Å². The largest absolute Gasteiger partial charge is 0.389 e. The van der Waals surface area contributed by atoms with Crippen LogP contribution in [-0.2, 0) is 11.3 Å². The highest BCUT2D eigenvalue weighted by Gasteiger charge is 2.44. The van der Waals surface area contributed by atoms with E-state index in [1.807, 2.05) is 24.8 Å². The van der Waals surface area contributed by atoms with Gasteiger partial charge in [-0.1, -0.05) is 0 Å². The molecule has 0 bridgehead atoms. The number of aliphatic hydroxyl groups is 1. The Labute approximate surface area is 143 Å². The lowest BCUT2D eigenvalue weighted by atomic mass is 9.76. The summed E-state index contributed by atoms with van der Waals surface area (Å²) in [5.41, 5.74) is 0.830. The van der Waals surface area contributed by atoms with Crippen LogP contribution in [0, 0.1) is 12.8 Å². The Bertz CT molecular complexity index is 588. The van der Waals surface area contributed by atoms with E-state index in [9.17, 15) is 9.90 Å². The summed E-state index contributed by atoms with van der Waals surface area (Å²) in [7, 11) is 0. The second-order valence-corrected chi connectivity index (χ2v) is 6.85. The number of amides is 1. The first-order chi connectivity index (χ1) is 11.5. The number of hydrogen-bond donors (Lipinski definition) is 2. The first kappa shape index (κ1) is 17.4. The summed E-state index contributed by atoms with van der Waals surface area (Å²) in [6.07, 6.45) is 1.42. The van der Waals surface area contributed by atoms with Crippen LogP contribution < -0.4 is 5.32 Å². The van der Waals surface area contributed by atoms with Gasteiger partial charge in [0, 0.05) is 32.2 Å². The van der Waals surface area contributed by atoms with Crippen molar-refractivity contribution >= 4 is 5.91 Å². The van der Waals surface area contributed by atoms with Crippen LogP contribution in [0.15, 0.2) is 6.07 Å². The number of nitrogens with one attached hydrogen (secondary N) is 1. The van der Waals surface area contributed by atoms with Gasteiger partial charge in [-0.3, -0.25) is 9.48 Å². The zero-order valence-corrected chi connectivity index (χ0v) is 14.6. The summed E-state index contributed by atoms with van der Waals surface area (Å²) in [5.74, 6) is 0.101. The molecule has 7 nitrogen and oxygen atoms in total. The Morgan fingerprint density at radius 3 is 3.17 bits per heavy atom. The fourth-order valence-corrected chi connectivity index (χ4v) is 3.75. The first-order valence-electron chi connectivity index (χ1n) is 8.88. The number of rotatable bonds is 5. The van der Waals surface area contributed by atoms with Crippen LogP contribution in [0.1, 0.15) is 35.9 Å². The molecule has 2 atom stereocenters. The Morgan fingerprint density at radius 1 is 1.54 bits per heavy atom. The van der Waals surface area contributed by atoms with Gasteiger partial charge in [-0.15, -0.1) is 0 Å². The summed E-state index contributed by atoms with van der Waals surface area (Å²) in [6.45, 7) is 8.44. The van der Waals surface area contributed by atoms with E-state index >= 15 is 0 Å². The quantitative estimate of drug-likeness (QED) is 0.762. The lowest BCUT2D eigenvalue weighted by Crippen LogP contribution is -2.60. The van der Waals surface area contributed by atoms with E-state index in [0.717, 1.165) is 25.2 Å². The number of ether oxygens (including phenoxy) is 1. The third kappa shape index (κ3) is 3.48. The molecule has 2 aliphatic heterocycles. The van der Waals surface area contributed by atoms with Crippen LogP contribution >= 0.6 is 0 Å². The molecule has 2 saturated heterocycles. The second-order valence-electron chi connectivity index (χ2n) is 6.85. The molecule has 2 N–H and O–H groups in total. The minimum Gasteiger partial charge on any atom is -0.389 e. The third-order valence-corrected chi connectivity index (χ3v) is 5.20. The fourth-order valence-electron chi connectivity index (χ4n) is 3.75. The van der Waals surface area contributed by atoms with E-state index in [-0.39, 0.29) is 11.8 Å². The van der Waals surface area contributed by atoms with Gasteiger partial charge in [0.25, 0.3) is 5.91 Å². The van der Waals surface area contributed by atoms with Crippen molar-refractivity contribution in [1.82, 2.24) is 20.0 Å². The van der Waals surface area contributed by atoms with E-state index < -0.39 is 5.60 Å². The zero-order valence-electron chi connectivity index (χ0n) is 14.6. The van der Waals surface area contributed by atoms with Crippen molar-refractivity contribution in [1.29, 1.82) is 0 Å². The number of likely N-dealkylation sites (tertiary alicyclic amines) is 1. The highest BCUT2D eigenvalue weighted by atomic mass is 16.5. The molecule has 1 aromatic rings. The van der Waals surface area contributed by atoms with E-state index in [4.69, 9.17) is 4.74 Å². The van der Waals surface area contributed by atoms with Crippen LogP contribution in [0.5, 0.6) is 0 Å². The topological polar surface area (TPSA) is 79.6 Å². The number of aryl methyl sites for hydroxylation is 1. The van der Waals surface area contributed by atoms with Crippen molar-refractivity contribution in [2.24, 2.45) is 5.92 Å². The van der Waals surface area contributed by atoms with Crippen molar-refractivity contribution in [2.45, 2.75) is 38.8 Å². The number of fused-ring (bicyclic) bond motifs is 1.